The van der Waals surface area contributed by atoms with Crippen LogP contribution in [-0.4, -0.2) is 22.2 Å². The van der Waals surface area contributed by atoms with E-state index in [1.807, 2.05) is 13.8 Å². The van der Waals surface area contributed by atoms with E-state index in [4.69, 9.17) is 4.74 Å². The Balaban J connectivity index is 2.49. The number of nitrogens with zero attached hydrogens (tertiary/aromatic N) is 1. The van der Waals surface area contributed by atoms with Crippen LogP contribution in [0.4, 0.5) is 0 Å². The minimum Gasteiger partial charge on any atom is -0.462 e. The Hall–Kier alpha value is -1.29. The first-order valence-electron chi connectivity index (χ1n) is 6.10. The molecular formula is C13H19NO3. The second-order valence-electron chi connectivity index (χ2n) is 4.50. The summed E-state index contributed by atoms with van der Waals surface area (Å²) in [6.07, 6.45) is 2.31. The fourth-order valence-electron chi connectivity index (χ4n) is 2.46. The predicted octanol–water partition coefficient (Wildman–Crippen LogP) is 2.11. The topological polar surface area (TPSA) is 51.5 Å². The Morgan fingerprint density at radius 2 is 2.06 bits per heavy atom. The minimum atomic E-state index is -0.323. The van der Waals surface area contributed by atoms with Gasteiger partial charge in [0, 0.05) is 23.0 Å². The van der Waals surface area contributed by atoms with Gasteiger partial charge in [0.1, 0.15) is 0 Å². The summed E-state index contributed by atoms with van der Waals surface area (Å²) in [6, 6.07) is 0.503. The lowest BCUT2D eigenvalue weighted by Gasteiger charge is -2.07. The lowest BCUT2D eigenvalue weighted by molar-refractivity contribution is 0.0522. The van der Waals surface area contributed by atoms with Crippen molar-refractivity contribution in [3.63, 3.8) is 0 Å². The summed E-state index contributed by atoms with van der Waals surface area (Å²) < 4.78 is 7.22. The summed E-state index contributed by atoms with van der Waals surface area (Å²) in [7, 11) is 0. The molecule has 4 heteroatoms. The molecule has 1 fully saturated rings. The fourth-order valence-corrected chi connectivity index (χ4v) is 2.46. The highest BCUT2D eigenvalue weighted by atomic mass is 16.5. The molecule has 1 aromatic heterocycles. The van der Waals surface area contributed by atoms with Crippen LogP contribution in [0.15, 0.2) is 0 Å². The van der Waals surface area contributed by atoms with Crippen molar-refractivity contribution in [2.24, 2.45) is 0 Å². The Morgan fingerprint density at radius 1 is 1.41 bits per heavy atom. The van der Waals surface area contributed by atoms with Crippen LogP contribution in [0.25, 0.3) is 0 Å². The highest BCUT2D eigenvalue weighted by Crippen LogP contribution is 2.40. The van der Waals surface area contributed by atoms with Crippen molar-refractivity contribution < 1.29 is 14.6 Å². The van der Waals surface area contributed by atoms with Crippen molar-refractivity contribution in [3.8, 4) is 0 Å². The molecule has 1 heterocycles. The van der Waals surface area contributed by atoms with E-state index in [0.29, 0.717) is 23.8 Å². The van der Waals surface area contributed by atoms with Crippen LogP contribution in [0.5, 0.6) is 0 Å². The zero-order valence-electron chi connectivity index (χ0n) is 10.6. The van der Waals surface area contributed by atoms with Crippen molar-refractivity contribution in [1.29, 1.82) is 0 Å². The first kappa shape index (κ1) is 12.2. The number of hydrogen-bond acceptors (Lipinski definition) is 3. The molecule has 94 valence electrons. The van der Waals surface area contributed by atoms with Gasteiger partial charge in [0.05, 0.1) is 18.8 Å². The number of aromatic nitrogens is 1. The van der Waals surface area contributed by atoms with Gasteiger partial charge in [-0.05, 0) is 33.6 Å². The van der Waals surface area contributed by atoms with Gasteiger partial charge < -0.3 is 14.4 Å². The van der Waals surface area contributed by atoms with Gasteiger partial charge in [-0.3, -0.25) is 0 Å². The monoisotopic (exact) mass is 237 g/mol. The summed E-state index contributed by atoms with van der Waals surface area (Å²) >= 11 is 0. The molecular weight excluding hydrogens is 218 g/mol. The number of carbonyl (C=O) groups excluding carboxylic acids is 1. The smallest absolute Gasteiger partial charge is 0.340 e. The van der Waals surface area contributed by atoms with Crippen molar-refractivity contribution in [2.45, 2.75) is 46.3 Å². The zero-order chi connectivity index (χ0) is 12.6. The van der Waals surface area contributed by atoms with Crippen LogP contribution in [0.1, 0.15) is 53.1 Å². The van der Waals surface area contributed by atoms with Gasteiger partial charge in [-0.25, -0.2) is 4.79 Å². The predicted molar refractivity (Wildman–Crippen MR) is 64.1 cm³/mol. The number of aliphatic hydroxyl groups is 1. The quantitative estimate of drug-likeness (QED) is 0.816. The highest BCUT2D eigenvalue weighted by Gasteiger charge is 2.31. The van der Waals surface area contributed by atoms with Crippen LogP contribution in [0.3, 0.4) is 0 Å². The fraction of sp³-hybridized carbons (Fsp3) is 0.615. The molecule has 0 spiro atoms. The number of rotatable bonds is 4. The number of hydrogen-bond donors (Lipinski definition) is 1. The molecule has 4 nitrogen and oxygen atoms in total. The van der Waals surface area contributed by atoms with E-state index in [1.54, 1.807) is 6.92 Å². The molecule has 0 aromatic carbocycles. The van der Waals surface area contributed by atoms with Crippen LogP contribution in [0.2, 0.25) is 0 Å². The molecule has 1 aromatic rings. The number of aliphatic hydroxyl groups excluding tert-OH is 1. The Labute approximate surface area is 101 Å². The maximum Gasteiger partial charge on any atom is 0.340 e. The van der Waals surface area contributed by atoms with E-state index in [-0.39, 0.29) is 12.6 Å². The molecule has 0 saturated heterocycles. The zero-order valence-corrected chi connectivity index (χ0v) is 10.6. The van der Waals surface area contributed by atoms with Gasteiger partial charge in [-0.2, -0.15) is 0 Å². The molecule has 0 radical (unpaired) electrons. The van der Waals surface area contributed by atoms with Crippen LogP contribution in [0, 0.1) is 13.8 Å². The summed E-state index contributed by atoms with van der Waals surface area (Å²) in [5.74, 6) is -0.323. The third-order valence-corrected chi connectivity index (χ3v) is 3.37. The molecule has 0 bridgehead atoms. The van der Waals surface area contributed by atoms with Gasteiger partial charge in [0.15, 0.2) is 0 Å². The molecule has 1 N–H and O–H groups in total. The molecule has 1 saturated carbocycles. The first-order valence-corrected chi connectivity index (χ1v) is 6.10. The van der Waals surface area contributed by atoms with E-state index in [2.05, 4.69) is 4.57 Å². The maximum atomic E-state index is 11.9. The molecule has 17 heavy (non-hydrogen) atoms. The average molecular weight is 237 g/mol. The molecule has 0 unspecified atom stereocenters. The van der Waals surface area contributed by atoms with Gasteiger partial charge in [-0.1, -0.05) is 0 Å². The second kappa shape index (κ2) is 4.53. The van der Waals surface area contributed by atoms with E-state index in [9.17, 15) is 9.90 Å². The van der Waals surface area contributed by atoms with E-state index < -0.39 is 0 Å². The third-order valence-electron chi connectivity index (χ3n) is 3.37. The van der Waals surface area contributed by atoms with Crippen molar-refractivity contribution in [3.05, 3.63) is 22.5 Å². The summed E-state index contributed by atoms with van der Waals surface area (Å²) in [6.45, 7) is 5.92. The van der Waals surface area contributed by atoms with Gasteiger partial charge in [-0.15, -0.1) is 0 Å². The molecule has 1 aliphatic carbocycles. The SMILES string of the molecule is CCOC(=O)c1c(CO)c(C)n(C2CC2)c1C. The van der Waals surface area contributed by atoms with Crippen molar-refractivity contribution >= 4 is 5.97 Å². The van der Waals surface area contributed by atoms with E-state index in [0.717, 1.165) is 24.2 Å². The molecule has 0 atom stereocenters. The summed E-state index contributed by atoms with van der Waals surface area (Å²) in [4.78, 5) is 11.9. The van der Waals surface area contributed by atoms with Crippen LogP contribution < -0.4 is 0 Å². The Morgan fingerprint density at radius 3 is 2.53 bits per heavy atom. The van der Waals surface area contributed by atoms with Crippen molar-refractivity contribution in [1.82, 2.24) is 4.57 Å². The number of esters is 1. The van der Waals surface area contributed by atoms with Gasteiger partial charge >= 0.3 is 5.97 Å². The van der Waals surface area contributed by atoms with Gasteiger partial charge in [0.25, 0.3) is 0 Å². The third kappa shape index (κ3) is 1.97. The lowest BCUT2D eigenvalue weighted by Crippen LogP contribution is -2.08. The van der Waals surface area contributed by atoms with E-state index in [1.165, 1.54) is 0 Å². The van der Waals surface area contributed by atoms with Crippen LogP contribution >= 0.6 is 0 Å². The molecule has 0 amide bonds. The Kier molecular flexibility index (Phi) is 3.24. The number of carbonyl (C=O) groups is 1. The van der Waals surface area contributed by atoms with Crippen LogP contribution in [-0.2, 0) is 11.3 Å². The summed E-state index contributed by atoms with van der Waals surface area (Å²) in [5, 5.41) is 9.44. The summed E-state index contributed by atoms with van der Waals surface area (Å²) in [5.41, 5.74) is 3.19. The average Bonchev–Trinajstić information content (AvgIpc) is 3.06. The number of ether oxygens (including phenoxy) is 1. The molecule has 0 aliphatic heterocycles. The first-order chi connectivity index (χ1) is 8.11. The molecule has 1 aliphatic rings. The van der Waals surface area contributed by atoms with Crippen molar-refractivity contribution in [2.75, 3.05) is 6.61 Å². The maximum absolute atomic E-state index is 11.9. The normalized spacial score (nSPS) is 15.1. The van der Waals surface area contributed by atoms with E-state index >= 15 is 0 Å². The minimum absolute atomic E-state index is 0.111. The second-order valence-corrected chi connectivity index (χ2v) is 4.50. The van der Waals surface area contributed by atoms with Gasteiger partial charge in [0.2, 0.25) is 0 Å². The lowest BCUT2D eigenvalue weighted by atomic mass is 10.1. The Bertz CT molecular complexity index is 444. The molecule has 2 rings (SSSR count). The largest absolute Gasteiger partial charge is 0.462 e. The standard InChI is InChI=1S/C13H19NO3/c1-4-17-13(16)12-9(3)14(10-5-6-10)8(2)11(12)7-15/h10,15H,4-7H2,1-3H3. The highest BCUT2D eigenvalue weighted by molar-refractivity contribution is 5.93.